The largest absolute Gasteiger partial charge is 0.493 e. The number of carbonyl (C=O) groups is 1. The van der Waals surface area contributed by atoms with E-state index in [-0.39, 0.29) is 11.9 Å². The van der Waals surface area contributed by atoms with E-state index in [1.165, 1.54) is 5.56 Å². The molecule has 166 valence electrons. The van der Waals surface area contributed by atoms with E-state index in [2.05, 4.69) is 21.5 Å². The Balaban J connectivity index is 1.42. The molecule has 0 saturated carbocycles. The summed E-state index contributed by atoms with van der Waals surface area (Å²) in [5, 5.41) is 7.67. The highest BCUT2D eigenvalue weighted by atomic mass is 16.5. The highest BCUT2D eigenvalue weighted by Crippen LogP contribution is 2.30. The maximum atomic E-state index is 13.2. The third kappa shape index (κ3) is 4.37. The minimum absolute atomic E-state index is 0.176. The molecule has 0 saturated heterocycles. The van der Waals surface area contributed by atoms with Crippen LogP contribution >= 0.6 is 0 Å². The molecule has 1 atom stereocenters. The number of hydrogen-bond donors (Lipinski definition) is 1. The molecule has 1 aliphatic heterocycles. The number of amides is 1. The number of nitrogens with one attached hydrogen (secondary N) is 1. The molecule has 0 bridgehead atoms. The van der Waals surface area contributed by atoms with Gasteiger partial charge in [0.2, 0.25) is 0 Å². The second-order valence-electron chi connectivity index (χ2n) is 8.38. The Morgan fingerprint density at radius 3 is 2.61 bits per heavy atom. The van der Waals surface area contributed by atoms with Gasteiger partial charge in [-0.2, -0.15) is 5.10 Å². The van der Waals surface area contributed by atoms with Gasteiger partial charge < -0.3 is 10.1 Å². The van der Waals surface area contributed by atoms with Gasteiger partial charge in [-0.1, -0.05) is 36.4 Å². The van der Waals surface area contributed by atoms with Crippen LogP contribution in [0.15, 0.2) is 72.9 Å². The van der Waals surface area contributed by atoms with E-state index in [4.69, 9.17) is 4.74 Å². The molecular formula is C27H26N4O2. The molecule has 6 nitrogen and oxygen atoms in total. The molecule has 1 aliphatic rings. The monoisotopic (exact) mass is 438 g/mol. The highest BCUT2D eigenvalue weighted by Gasteiger charge is 2.21. The quantitative estimate of drug-likeness (QED) is 0.489. The van der Waals surface area contributed by atoms with Crippen LogP contribution in [0, 0.1) is 13.8 Å². The van der Waals surface area contributed by atoms with E-state index in [1.807, 2.05) is 68.4 Å². The smallest absolute Gasteiger partial charge is 0.253 e. The first-order valence-electron chi connectivity index (χ1n) is 11.2. The fourth-order valence-corrected chi connectivity index (χ4v) is 4.29. The van der Waals surface area contributed by atoms with Crippen molar-refractivity contribution in [2.75, 3.05) is 6.61 Å². The molecule has 2 aromatic carbocycles. The molecule has 0 fully saturated rings. The third-order valence-corrected chi connectivity index (χ3v) is 5.91. The predicted molar refractivity (Wildman–Crippen MR) is 127 cm³/mol. The maximum Gasteiger partial charge on any atom is 0.253 e. The fraction of sp³-hybridized carbons (Fsp3) is 0.222. The minimum Gasteiger partial charge on any atom is -0.493 e. The van der Waals surface area contributed by atoms with Crippen LogP contribution in [-0.2, 0) is 6.42 Å². The molecule has 2 aromatic heterocycles. The van der Waals surface area contributed by atoms with Gasteiger partial charge in [0.05, 0.1) is 23.9 Å². The number of aryl methyl sites for hydroxylation is 3. The summed E-state index contributed by atoms with van der Waals surface area (Å²) < 4.78 is 7.55. The van der Waals surface area contributed by atoms with Crippen LogP contribution in [0.2, 0.25) is 0 Å². The zero-order valence-electron chi connectivity index (χ0n) is 18.8. The van der Waals surface area contributed by atoms with Gasteiger partial charge in [0.1, 0.15) is 5.75 Å². The summed E-state index contributed by atoms with van der Waals surface area (Å²) in [6.45, 7) is 4.68. The first-order chi connectivity index (χ1) is 16.1. The van der Waals surface area contributed by atoms with Gasteiger partial charge in [0, 0.05) is 11.9 Å². The molecule has 1 amide bonds. The Morgan fingerprint density at radius 2 is 1.88 bits per heavy atom. The van der Waals surface area contributed by atoms with E-state index < -0.39 is 0 Å². The van der Waals surface area contributed by atoms with Crippen LogP contribution in [0.4, 0.5) is 0 Å². The van der Waals surface area contributed by atoms with Crippen molar-refractivity contribution in [3.63, 3.8) is 0 Å². The van der Waals surface area contributed by atoms with E-state index in [1.54, 1.807) is 16.9 Å². The number of aromatic nitrogens is 3. The summed E-state index contributed by atoms with van der Waals surface area (Å²) >= 11 is 0. The number of ether oxygens (including phenoxy) is 1. The van der Waals surface area contributed by atoms with Gasteiger partial charge in [-0.05, 0) is 73.7 Å². The molecule has 0 spiro atoms. The van der Waals surface area contributed by atoms with Crippen molar-refractivity contribution < 1.29 is 9.53 Å². The number of hydrogen-bond acceptors (Lipinski definition) is 4. The van der Waals surface area contributed by atoms with Gasteiger partial charge in [-0.15, -0.1) is 0 Å². The lowest BCUT2D eigenvalue weighted by Gasteiger charge is -2.23. The van der Waals surface area contributed by atoms with Crippen LogP contribution in [0.5, 0.6) is 5.75 Å². The van der Waals surface area contributed by atoms with Crippen LogP contribution in [0.25, 0.3) is 5.82 Å². The van der Waals surface area contributed by atoms with Crippen molar-refractivity contribution in [1.29, 1.82) is 0 Å². The number of pyridine rings is 1. The number of carbonyl (C=O) groups excluding carboxylic acids is 1. The van der Waals surface area contributed by atoms with E-state index in [9.17, 15) is 4.79 Å². The number of benzene rings is 2. The van der Waals surface area contributed by atoms with E-state index in [0.717, 1.165) is 47.7 Å². The van der Waals surface area contributed by atoms with Gasteiger partial charge in [-0.25, -0.2) is 9.67 Å². The molecule has 5 rings (SSSR count). The van der Waals surface area contributed by atoms with Crippen LogP contribution in [-0.4, -0.2) is 27.3 Å². The van der Waals surface area contributed by atoms with Crippen molar-refractivity contribution >= 4 is 5.91 Å². The van der Waals surface area contributed by atoms with Crippen molar-refractivity contribution in [2.45, 2.75) is 32.7 Å². The van der Waals surface area contributed by atoms with E-state index >= 15 is 0 Å². The Labute approximate surface area is 193 Å². The molecule has 0 radical (unpaired) electrons. The zero-order valence-corrected chi connectivity index (χ0v) is 18.8. The van der Waals surface area contributed by atoms with Gasteiger partial charge in [-0.3, -0.25) is 4.79 Å². The van der Waals surface area contributed by atoms with Crippen molar-refractivity contribution in [2.24, 2.45) is 0 Å². The van der Waals surface area contributed by atoms with Crippen LogP contribution < -0.4 is 10.1 Å². The molecule has 6 heteroatoms. The minimum atomic E-state index is -0.276. The van der Waals surface area contributed by atoms with Crippen LogP contribution in [0.3, 0.4) is 0 Å². The summed E-state index contributed by atoms with van der Waals surface area (Å²) in [5.74, 6) is 1.45. The average Bonchev–Trinajstić information content (AvgIpc) is 3.20. The fourth-order valence-electron chi connectivity index (χ4n) is 4.29. The summed E-state index contributed by atoms with van der Waals surface area (Å²) in [6.07, 6.45) is 3.59. The summed E-state index contributed by atoms with van der Waals surface area (Å²) in [4.78, 5) is 17.7. The molecular weight excluding hydrogens is 412 g/mol. The second kappa shape index (κ2) is 8.90. The third-order valence-electron chi connectivity index (χ3n) is 5.91. The van der Waals surface area contributed by atoms with Gasteiger partial charge in [0.15, 0.2) is 5.82 Å². The standard InChI is InChI=1S/C27H26N4O2/c1-18-15-19(2)31(30-18)25-13-11-23(17-28-25)27(32)29-26(20-7-4-3-5-8-20)22-10-12-24-21(16-22)9-6-14-33-24/h3-5,7-8,10-13,15-17,26H,6,9,14H2,1-2H3,(H,29,32). The van der Waals surface area contributed by atoms with Gasteiger partial charge >= 0.3 is 0 Å². The summed E-state index contributed by atoms with van der Waals surface area (Å²) in [5.41, 5.74) is 5.67. The zero-order chi connectivity index (χ0) is 22.8. The molecule has 1 unspecified atom stereocenters. The lowest BCUT2D eigenvalue weighted by Crippen LogP contribution is -2.29. The first-order valence-corrected chi connectivity index (χ1v) is 11.2. The highest BCUT2D eigenvalue weighted by molar-refractivity contribution is 5.94. The summed E-state index contributed by atoms with van der Waals surface area (Å²) in [7, 11) is 0. The first kappa shape index (κ1) is 20.9. The topological polar surface area (TPSA) is 69.0 Å². The maximum absolute atomic E-state index is 13.2. The number of nitrogens with zero attached hydrogens (tertiary/aromatic N) is 3. The van der Waals surface area contributed by atoms with Crippen molar-refractivity contribution in [3.05, 3.63) is 107 Å². The lowest BCUT2D eigenvalue weighted by molar-refractivity contribution is 0.0942. The second-order valence-corrected chi connectivity index (χ2v) is 8.38. The Kier molecular flexibility index (Phi) is 5.65. The predicted octanol–water partition coefficient (Wildman–Crippen LogP) is 4.73. The average molecular weight is 439 g/mol. The van der Waals surface area contributed by atoms with Crippen molar-refractivity contribution in [3.8, 4) is 11.6 Å². The summed E-state index contributed by atoms with van der Waals surface area (Å²) in [6, 6.07) is 21.5. The lowest BCUT2D eigenvalue weighted by atomic mass is 9.94. The Hall–Kier alpha value is -3.93. The Morgan fingerprint density at radius 1 is 1.03 bits per heavy atom. The Bertz CT molecular complexity index is 1280. The SMILES string of the molecule is Cc1cc(C)n(-c2ccc(C(=O)NC(c3ccccc3)c3ccc4c(c3)CCCO4)cn2)n1. The van der Waals surface area contributed by atoms with Gasteiger partial charge in [0.25, 0.3) is 5.91 Å². The van der Waals surface area contributed by atoms with Crippen LogP contribution in [0.1, 0.15) is 50.9 Å². The molecule has 3 heterocycles. The normalized spacial score (nSPS) is 13.6. The molecule has 0 aliphatic carbocycles. The van der Waals surface area contributed by atoms with E-state index in [0.29, 0.717) is 11.4 Å². The molecule has 1 N–H and O–H groups in total. The molecule has 33 heavy (non-hydrogen) atoms. The number of rotatable bonds is 5. The number of fused-ring (bicyclic) bond motifs is 1. The van der Waals surface area contributed by atoms with Crippen molar-refractivity contribution in [1.82, 2.24) is 20.1 Å². The molecule has 4 aromatic rings.